The number of nitrogen functional groups attached to an aromatic ring is 1. The predicted molar refractivity (Wildman–Crippen MR) is 85.8 cm³/mol. The van der Waals surface area contributed by atoms with Gasteiger partial charge in [-0.25, -0.2) is 13.6 Å². The van der Waals surface area contributed by atoms with Crippen molar-refractivity contribution in [2.45, 2.75) is 29.7 Å². The van der Waals surface area contributed by atoms with Crippen molar-refractivity contribution < 1.29 is 8.42 Å². The van der Waals surface area contributed by atoms with Crippen molar-refractivity contribution in [2.24, 2.45) is 5.14 Å². The molecule has 0 heterocycles. The van der Waals surface area contributed by atoms with Crippen molar-refractivity contribution in [1.29, 1.82) is 0 Å². The fourth-order valence-electron chi connectivity index (χ4n) is 2.85. The number of hydrogen-bond donors (Lipinski definition) is 2. The highest BCUT2D eigenvalue weighted by Gasteiger charge is 2.40. The molecule has 1 fully saturated rings. The highest BCUT2D eigenvalue weighted by atomic mass is 32.2. The minimum absolute atomic E-state index is 0.0527. The maximum absolute atomic E-state index is 11.5. The van der Waals surface area contributed by atoms with E-state index in [2.05, 4.69) is 19.0 Å². The van der Waals surface area contributed by atoms with Crippen LogP contribution >= 0.6 is 0 Å². The average molecular weight is 312 g/mol. The molecular formula is C14H24N4O2S. The molecule has 0 aromatic heterocycles. The first-order valence-electron chi connectivity index (χ1n) is 6.96. The summed E-state index contributed by atoms with van der Waals surface area (Å²) >= 11 is 0. The van der Waals surface area contributed by atoms with Gasteiger partial charge in [-0.1, -0.05) is 0 Å². The molecule has 118 valence electrons. The highest BCUT2D eigenvalue weighted by Crippen LogP contribution is 2.37. The third kappa shape index (κ3) is 3.30. The van der Waals surface area contributed by atoms with Crippen molar-refractivity contribution >= 4 is 21.4 Å². The van der Waals surface area contributed by atoms with E-state index in [0.717, 1.165) is 25.1 Å². The van der Waals surface area contributed by atoms with Crippen LogP contribution in [0.15, 0.2) is 23.1 Å². The van der Waals surface area contributed by atoms with Gasteiger partial charge in [0.2, 0.25) is 10.0 Å². The molecule has 6 nitrogen and oxygen atoms in total. The first-order chi connectivity index (χ1) is 9.64. The molecule has 21 heavy (non-hydrogen) atoms. The first-order valence-corrected chi connectivity index (χ1v) is 8.51. The van der Waals surface area contributed by atoms with E-state index in [1.54, 1.807) is 12.1 Å². The van der Waals surface area contributed by atoms with Crippen molar-refractivity contribution in [2.75, 3.05) is 38.3 Å². The SMILES string of the molecule is CN(CC1(N(C)C)CCC1)c1cc(N)cc(S(N)(=O)=O)c1. The smallest absolute Gasteiger partial charge is 0.238 e. The molecule has 1 aromatic carbocycles. The average Bonchev–Trinajstić information content (AvgIpc) is 2.31. The second-order valence-electron chi connectivity index (χ2n) is 6.13. The summed E-state index contributed by atoms with van der Waals surface area (Å²) in [7, 11) is 2.37. The largest absolute Gasteiger partial charge is 0.399 e. The fourth-order valence-corrected chi connectivity index (χ4v) is 3.44. The Kier molecular flexibility index (Phi) is 4.19. The van der Waals surface area contributed by atoms with E-state index in [9.17, 15) is 8.42 Å². The highest BCUT2D eigenvalue weighted by molar-refractivity contribution is 7.89. The predicted octanol–water partition coefficient (Wildman–Crippen LogP) is 0.837. The van der Waals surface area contributed by atoms with Crippen LogP contribution in [0.25, 0.3) is 0 Å². The first kappa shape index (κ1) is 16.1. The maximum atomic E-state index is 11.5. The van der Waals surface area contributed by atoms with E-state index in [1.807, 2.05) is 11.9 Å². The van der Waals surface area contributed by atoms with Crippen LogP contribution in [0, 0.1) is 0 Å². The van der Waals surface area contributed by atoms with Crippen LogP contribution in [0.5, 0.6) is 0 Å². The molecule has 1 saturated carbocycles. The lowest BCUT2D eigenvalue weighted by Crippen LogP contribution is -2.56. The van der Waals surface area contributed by atoms with Crippen LogP contribution in [0.3, 0.4) is 0 Å². The molecule has 0 spiro atoms. The third-order valence-corrected chi connectivity index (χ3v) is 5.34. The molecule has 0 aliphatic heterocycles. The number of benzene rings is 1. The van der Waals surface area contributed by atoms with E-state index < -0.39 is 10.0 Å². The normalized spacial score (nSPS) is 17.6. The van der Waals surface area contributed by atoms with Crippen LogP contribution < -0.4 is 15.8 Å². The van der Waals surface area contributed by atoms with E-state index >= 15 is 0 Å². The van der Waals surface area contributed by atoms with Gasteiger partial charge in [0, 0.05) is 30.5 Å². The Morgan fingerprint density at radius 1 is 1.19 bits per heavy atom. The Balaban J connectivity index is 2.27. The maximum Gasteiger partial charge on any atom is 0.238 e. The van der Waals surface area contributed by atoms with E-state index in [-0.39, 0.29) is 10.4 Å². The van der Waals surface area contributed by atoms with Crippen molar-refractivity contribution in [1.82, 2.24) is 4.90 Å². The van der Waals surface area contributed by atoms with Crippen LogP contribution in [-0.2, 0) is 10.0 Å². The van der Waals surface area contributed by atoms with Gasteiger partial charge in [-0.2, -0.15) is 0 Å². The number of anilines is 2. The van der Waals surface area contributed by atoms with Gasteiger partial charge in [0.15, 0.2) is 0 Å². The minimum Gasteiger partial charge on any atom is -0.399 e. The van der Waals surface area contributed by atoms with Crippen molar-refractivity contribution in [3.05, 3.63) is 18.2 Å². The standard InChI is InChI=1S/C14H24N4O2S/c1-17(2)14(5-4-6-14)10-18(3)12-7-11(15)8-13(9-12)21(16,19)20/h7-9H,4-6,10,15H2,1-3H3,(H2,16,19,20). The number of hydrogen-bond acceptors (Lipinski definition) is 5. The van der Waals surface area contributed by atoms with Gasteiger partial charge in [0.05, 0.1) is 4.90 Å². The molecule has 0 amide bonds. The van der Waals surface area contributed by atoms with E-state index in [0.29, 0.717) is 5.69 Å². The molecule has 1 aliphatic carbocycles. The molecule has 2 rings (SSSR count). The molecule has 4 N–H and O–H groups in total. The van der Waals surface area contributed by atoms with Gasteiger partial charge in [0.1, 0.15) is 0 Å². The summed E-state index contributed by atoms with van der Waals surface area (Å²) in [5, 5.41) is 5.20. The second kappa shape index (κ2) is 5.47. The number of nitrogens with zero attached hydrogens (tertiary/aromatic N) is 2. The summed E-state index contributed by atoms with van der Waals surface area (Å²) < 4.78 is 23.0. The van der Waals surface area contributed by atoms with Crippen LogP contribution in [-0.4, -0.2) is 46.5 Å². The Bertz CT molecular complexity index is 624. The Morgan fingerprint density at radius 3 is 2.24 bits per heavy atom. The van der Waals surface area contributed by atoms with Gasteiger partial charge in [0.25, 0.3) is 0 Å². The lowest BCUT2D eigenvalue weighted by molar-refractivity contribution is 0.0683. The van der Waals surface area contributed by atoms with Crippen molar-refractivity contribution in [3.63, 3.8) is 0 Å². The van der Waals surface area contributed by atoms with Gasteiger partial charge in [-0.05, 0) is 51.6 Å². The zero-order chi connectivity index (χ0) is 15.8. The molecule has 0 saturated heterocycles. The number of nitrogens with two attached hydrogens (primary N) is 2. The molecule has 0 bridgehead atoms. The second-order valence-corrected chi connectivity index (χ2v) is 7.70. The quantitative estimate of drug-likeness (QED) is 0.786. The molecule has 1 aromatic rings. The van der Waals surface area contributed by atoms with Crippen LogP contribution in [0.2, 0.25) is 0 Å². The van der Waals surface area contributed by atoms with Crippen LogP contribution in [0.1, 0.15) is 19.3 Å². The van der Waals surface area contributed by atoms with Gasteiger partial charge in [-0.3, -0.25) is 0 Å². The fraction of sp³-hybridized carbons (Fsp3) is 0.571. The van der Waals surface area contributed by atoms with Crippen molar-refractivity contribution in [3.8, 4) is 0 Å². The van der Waals surface area contributed by atoms with E-state index in [1.165, 1.54) is 12.5 Å². The summed E-state index contributed by atoms with van der Waals surface area (Å²) in [6.07, 6.45) is 3.52. The summed E-state index contributed by atoms with van der Waals surface area (Å²) in [4.78, 5) is 4.35. The lowest BCUT2D eigenvalue weighted by atomic mass is 9.75. The molecule has 0 unspecified atom stereocenters. The molecule has 7 heteroatoms. The topological polar surface area (TPSA) is 92.7 Å². The Morgan fingerprint density at radius 2 is 1.81 bits per heavy atom. The third-order valence-electron chi connectivity index (χ3n) is 4.45. The van der Waals surface area contributed by atoms with Crippen LogP contribution in [0.4, 0.5) is 11.4 Å². The minimum atomic E-state index is -3.75. The zero-order valence-corrected chi connectivity index (χ0v) is 13.7. The van der Waals surface area contributed by atoms with E-state index in [4.69, 9.17) is 10.9 Å². The monoisotopic (exact) mass is 312 g/mol. The lowest BCUT2D eigenvalue weighted by Gasteiger charge is -2.49. The number of likely N-dealkylation sites (N-methyl/N-ethyl adjacent to an activating group) is 2. The summed E-state index contributed by atoms with van der Waals surface area (Å²) in [5.74, 6) is 0. The summed E-state index contributed by atoms with van der Waals surface area (Å²) in [5.41, 5.74) is 7.13. The molecule has 1 aliphatic rings. The van der Waals surface area contributed by atoms with Gasteiger partial charge in [-0.15, -0.1) is 0 Å². The number of primary sulfonamides is 1. The zero-order valence-electron chi connectivity index (χ0n) is 12.8. The molecule has 0 atom stereocenters. The Hall–Kier alpha value is -1.31. The summed E-state index contributed by atoms with van der Waals surface area (Å²) in [6, 6.07) is 4.74. The van der Waals surface area contributed by atoms with Gasteiger partial charge >= 0.3 is 0 Å². The molecular weight excluding hydrogens is 288 g/mol. The number of sulfonamides is 1. The molecule has 0 radical (unpaired) electrons. The number of rotatable bonds is 5. The van der Waals surface area contributed by atoms with Gasteiger partial charge < -0.3 is 15.5 Å². The Labute approximate surface area is 126 Å². The summed E-state index contributed by atoms with van der Waals surface area (Å²) in [6.45, 7) is 0.827.